The maximum Gasteiger partial charge on any atom is 0.293 e. The van der Waals surface area contributed by atoms with Gasteiger partial charge in [-0.3, -0.25) is 4.79 Å². The summed E-state index contributed by atoms with van der Waals surface area (Å²) in [7, 11) is 0. The van der Waals surface area contributed by atoms with Crippen molar-refractivity contribution in [1.29, 1.82) is 0 Å². The minimum Gasteiger partial charge on any atom is -0.468 e. The van der Waals surface area contributed by atoms with E-state index in [0.29, 0.717) is 25.1 Å². The van der Waals surface area contributed by atoms with Gasteiger partial charge in [-0.1, -0.05) is 26.0 Å². The van der Waals surface area contributed by atoms with Crippen LogP contribution in [0.4, 0.5) is 8.78 Å². The molecule has 0 amide bonds. The number of allylic oxidation sites excluding steroid dienone is 1. The van der Waals surface area contributed by atoms with Crippen molar-refractivity contribution in [2.45, 2.75) is 26.7 Å². The van der Waals surface area contributed by atoms with Gasteiger partial charge >= 0.3 is 0 Å². The lowest BCUT2D eigenvalue weighted by Crippen LogP contribution is -1.93. The van der Waals surface area contributed by atoms with Crippen LogP contribution in [0.15, 0.2) is 24.8 Å². The highest BCUT2D eigenvalue weighted by atomic mass is 19.1. The van der Waals surface area contributed by atoms with Crippen molar-refractivity contribution in [2.24, 2.45) is 0 Å². The molecule has 1 aromatic rings. The zero-order valence-electron chi connectivity index (χ0n) is 10.7. The normalized spacial score (nSPS) is 9.11. The molecule has 0 aliphatic heterocycles. The lowest BCUT2D eigenvalue weighted by Gasteiger charge is -2.06. The van der Waals surface area contributed by atoms with Crippen LogP contribution in [0.2, 0.25) is 0 Å². The molecule has 0 atom stereocenters. The summed E-state index contributed by atoms with van der Waals surface area (Å²) in [6.07, 6.45) is 1.46. The number of halogens is 2. The van der Waals surface area contributed by atoms with Gasteiger partial charge in [-0.05, 0) is 31.1 Å². The van der Waals surface area contributed by atoms with E-state index in [1.165, 1.54) is 18.2 Å². The Kier molecular flexibility index (Phi) is 8.45. The van der Waals surface area contributed by atoms with Gasteiger partial charge in [-0.2, -0.15) is 0 Å². The molecule has 0 fully saturated rings. The fourth-order valence-corrected chi connectivity index (χ4v) is 1.33. The van der Waals surface area contributed by atoms with Gasteiger partial charge in [-0.15, -0.1) is 0 Å². The summed E-state index contributed by atoms with van der Waals surface area (Å²) >= 11 is 0. The number of benzene rings is 1. The average Bonchev–Trinajstić information content (AvgIpc) is 2.31. The molecule has 0 aliphatic carbocycles. The van der Waals surface area contributed by atoms with Gasteiger partial charge in [0.15, 0.2) is 0 Å². The molecular formula is C14H18F2O2. The molecule has 0 N–H and O–H groups in total. The van der Waals surface area contributed by atoms with E-state index >= 15 is 0 Å². The van der Waals surface area contributed by atoms with Crippen LogP contribution in [-0.2, 0) is 9.53 Å². The molecular weight excluding hydrogens is 238 g/mol. The van der Waals surface area contributed by atoms with Gasteiger partial charge in [0.05, 0.1) is 6.61 Å². The maximum atomic E-state index is 13.1. The quantitative estimate of drug-likeness (QED) is 0.745. The second-order valence-electron chi connectivity index (χ2n) is 3.50. The van der Waals surface area contributed by atoms with Gasteiger partial charge in [0.1, 0.15) is 11.6 Å². The summed E-state index contributed by atoms with van der Waals surface area (Å²) in [4.78, 5) is 9.18. The van der Waals surface area contributed by atoms with Crippen LogP contribution in [-0.4, -0.2) is 13.1 Å². The molecule has 0 aromatic heterocycles. The number of ether oxygens (including phenoxy) is 1. The first-order valence-electron chi connectivity index (χ1n) is 5.75. The Morgan fingerprint density at radius 1 is 1.33 bits per heavy atom. The maximum absolute atomic E-state index is 13.1. The van der Waals surface area contributed by atoms with Crippen molar-refractivity contribution in [1.82, 2.24) is 0 Å². The van der Waals surface area contributed by atoms with Crippen LogP contribution in [0.5, 0.6) is 0 Å². The fourth-order valence-electron chi connectivity index (χ4n) is 1.33. The van der Waals surface area contributed by atoms with Gasteiger partial charge in [0.2, 0.25) is 0 Å². The van der Waals surface area contributed by atoms with Crippen LogP contribution in [0.3, 0.4) is 0 Å². The highest BCUT2D eigenvalue weighted by Gasteiger charge is 2.10. The molecule has 0 radical (unpaired) electrons. The predicted octanol–water partition coefficient (Wildman–Crippen LogP) is 3.96. The zero-order valence-corrected chi connectivity index (χ0v) is 10.7. The average molecular weight is 256 g/mol. The largest absolute Gasteiger partial charge is 0.468 e. The molecule has 0 heterocycles. The Morgan fingerprint density at radius 2 is 1.89 bits per heavy atom. The van der Waals surface area contributed by atoms with E-state index in [1.54, 1.807) is 6.92 Å². The molecule has 0 saturated heterocycles. The van der Waals surface area contributed by atoms with E-state index in [4.69, 9.17) is 0 Å². The smallest absolute Gasteiger partial charge is 0.293 e. The second-order valence-corrected chi connectivity index (χ2v) is 3.50. The van der Waals surface area contributed by atoms with Crippen LogP contribution in [0.25, 0.3) is 5.57 Å². The Morgan fingerprint density at radius 3 is 2.22 bits per heavy atom. The zero-order chi connectivity index (χ0) is 14.0. The first kappa shape index (κ1) is 16.3. The number of carbonyl (C=O) groups is 1. The van der Waals surface area contributed by atoms with Crippen molar-refractivity contribution in [3.8, 4) is 0 Å². The second kappa shape index (κ2) is 9.33. The Hall–Kier alpha value is -1.71. The van der Waals surface area contributed by atoms with E-state index in [-0.39, 0.29) is 5.56 Å². The summed E-state index contributed by atoms with van der Waals surface area (Å²) in [6.45, 7) is 8.27. The molecule has 0 spiro atoms. The van der Waals surface area contributed by atoms with E-state index in [1.807, 2.05) is 6.92 Å². The predicted molar refractivity (Wildman–Crippen MR) is 68.0 cm³/mol. The Balaban J connectivity index is 0.000000494. The van der Waals surface area contributed by atoms with E-state index < -0.39 is 11.6 Å². The molecule has 0 saturated carbocycles. The first-order valence-corrected chi connectivity index (χ1v) is 5.75. The molecule has 0 unspecified atom stereocenters. The van der Waals surface area contributed by atoms with Gasteiger partial charge in [0.25, 0.3) is 6.47 Å². The molecule has 1 aromatic carbocycles. The third-order valence-corrected chi connectivity index (χ3v) is 2.10. The van der Waals surface area contributed by atoms with Crippen LogP contribution in [0, 0.1) is 11.6 Å². The van der Waals surface area contributed by atoms with E-state index in [9.17, 15) is 13.6 Å². The number of hydrogen-bond acceptors (Lipinski definition) is 2. The Bertz CT molecular complexity index is 369. The first-order chi connectivity index (χ1) is 8.58. The molecule has 18 heavy (non-hydrogen) atoms. The van der Waals surface area contributed by atoms with E-state index in [0.717, 1.165) is 6.42 Å². The summed E-state index contributed by atoms with van der Waals surface area (Å²) < 4.78 is 30.4. The molecule has 0 aliphatic rings. The minimum atomic E-state index is -0.529. The minimum absolute atomic E-state index is 0.0318. The van der Waals surface area contributed by atoms with Crippen molar-refractivity contribution in [3.05, 3.63) is 42.0 Å². The highest BCUT2D eigenvalue weighted by Crippen LogP contribution is 2.23. The molecule has 1 rings (SSSR count). The summed E-state index contributed by atoms with van der Waals surface area (Å²) in [5.74, 6) is -1.06. The van der Waals surface area contributed by atoms with Gasteiger partial charge in [-0.25, -0.2) is 8.78 Å². The van der Waals surface area contributed by atoms with Crippen molar-refractivity contribution < 1.29 is 18.3 Å². The highest BCUT2D eigenvalue weighted by molar-refractivity contribution is 5.64. The van der Waals surface area contributed by atoms with Gasteiger partial charge < -0.3 is 4.74 Å². The summed E-state index contributed by atoms with van der Waals surface area (Å²) in [5, 5.41) is 0. The molecule has 100 valence electrons. The topological polar surface area (TPSA) is 26.3 Å². The fraction of sp³-hybridized carbons (Fsp3) is 0.357. The number of carbonyl (C=O) groups excluding carboxylic acids is 1. The van der Waals surface area contributed by atoms with Crippen molar-refractivity contribution in [3.63, 3.8) is 0 Å². The third-order valence-electron chi connectivity index (χ3n) is 2.10. The number of hydrogen-bond donors (Lipinski definition) is 0. The number of rotatable bonds is 5. The van der Waals surface area contributed by atoms with Gasteiger partial charge in [0, 0.05) is 5.56 Å². The summed E-state index contributed by atoms with van der Waals surface area (Å²) in [5.41, 5.74) is 0.558. The van der Waals surface area contributed by atoms with E-state index in [2.05, 4.69) is 11.3 Å². The third kappa shape index (κ3) is 5.57. The van der Waals surface area contributed by atoms with Crippen molar-refractivity contribution in [2.75, 3.05) is 6.61 Å². The SMILES string of the molecule is C=C(CCC)c1c(F)cccc1F.CCOC=O. The molecule has 2 nitrogen and oxygen atoms in total. The standard InChI is InChI=1S/C11H12F2.C3H6O2/c1-3-5-8(2)11-9(12)6-4-7-10(11)13;1-2-5-3-4/h4,6-7H,2-3,5H2,1H3;3H,2H2,1H3. The Labute approximate surface area is 106 Å². The van der Waals surface area contributed by atoms with Crippen LogP contribution < -0.4 is 0 Å². The summed E-state index contributed by atoms with van der Waals surface area (Å²) in [6, 6.07) is 3.85. The van der Waals surface area contributed by atoms with Crippen LogP contribution >= 0.6 is 0 Å². The molecule has 0 bridgehead atoms. The lowest BCUT2D eigenvalue weighted by atomic mass is 10.0. The lowest BCUT2D eigenvalue weighted by molar-refractivity contribution is -0.128. The van der Waals surface area contributed by atoms with Crippen LogP contribution in [0.1, 0.15) is 32.3 Å². The molecule has 4 heteroatoms. The van der Waals surface area contributed by atoms with Crippen molar-refractivity contribution >= 4 is 12.0 Å². The monoisotopic (exact) mass is 256 g/mol.